The van der Waals surface area contributed by atoms with E-state index in [4.69, 9.17) is 5.73 Å². The fourth-order valence-electron chi connectivity index (χ4n) is 2.51. The summed E-state index contributed by atoms with van der Waals surface area (Å²) in [7, 11) is 0. The molecule has 4 N–H and O–H groups in total. The van der Waals surface area contributed by atoms with Crippen molar-refractivity contribution in [2.45, 2.75) is 20.8 Å². The van der Waals surface area contributed by atoms with Crippen molar-refractivity contribution < 1.29 is 4.79 Å². The number of nitrogens with one attached hydrogen (secondary N) is 2. The van der Waals surface area contributed by atoms with Crippen molar-refractivity contribution in [2.24, 2.45) is 5.73 Å². The highest BCUT2D eigenvalue weighted by Gasteiger charge is 2.16. The summed E-state index contributed by atoms with van der Waals surface area (Å²) in [5.41, 5.74) is 9.75. The maximum Gasteiger partial charge on any atom is 0.260 e. The van der Waals surface area contributed by atoms with Gasteiger partial charge in [-0.15, -0.1) is 0 Å². The molecule has 122 valence electrons. The van der Waals surface area contributed by atoms with Crippen molar-refractivity contribution in [3.05, 3.63) is 53.5 Å². The molecule has 0 aliphatic rings. The molecule has 24 heavy (non-hydrogen) atoms. The lowest BCUT2D eigenvalue weighted by molar-refractivity contribution is -0.111. The highest BCUT2D eigenvalue weighted by Crippen LogP contribution is 2.19. The summed E-state index contributed by atoms with van der Waals surface area (Å²) in [6.45, 7) is 5.57. The molecule has 0 unspecified atom stereocenters. The molecule has 0 aliphatic heterocycles. The molecule has 0 bridgehead atoms. The van der Waals surface area contributed by atoms with Crippen LogP contribution in [0, 0.1) is 20.8 Å². The SMILES string of the molecule is Cc1cc(C)nc(C(=CN)C(=O)Nc2ccc3nc(C)[nH]c3c2)n1. The van der Waals surface area contributed by atoms with Gasteiger partial charge in [0.15, 0.2) is 5.82 Å². The second-order valence-electron chi connectivity index (χ2n) is 5.56. The molecule has 2 aromatic heterocycles. The lowest BCUT2D eigenvalue weighted by Crippen LogP contribution is -2.17. The number of benzene rings is 1. The molecule has 2 heterocycles. The minimum atomic E-state index is -0.363. The number of aryl methyl sites for hydroxylation is 3. The van der Waals surface area contributed by atoms with Crippen LogP contribution in [0.1, 0.15) is 23.0 Å². The van der Waals surface area contributed by atoms with E-state index in [-0.39, 0.29) is 11.5 Å². The standard InChI is InChI=1S/C17H18N6O/c1-9-6-10(2)20-16(19-9)13(8-18)17(24)23-12-4-5-14-15(7-12)22-11(3)21-14/h4-8H,18H2,1-3H3,(H,21,22)(H,23,24). The van der Waals surface area contributed by atoms with E-state index < -0.39 is 0 Å². The number of aromatic nitrogens is 4. The zero-order chi connectivity index (χ0) is 17.3. The Morgan fingerprint density at radius 3 is 2.50 bits per heavy atom. The van der Waals surface area contributed by atoms with Crippen molar-refractivity contribution in [1.82, 2.24) is 19.9 Å². The molecule has 0 radical (unpaired) electrons. The highest BCUT2D eigenvalue weighted by atomic mass is 16.1. The molecule has 0 spiro atoms. The average molecular weight is 322 g/mol. The van der Waals surface area contributed by atoms with Gasteiger partial charge in [0.1, 0.15) is 5.82 Å². The lowest BCUT2D eigenvalue weighted by Gasteiger charge is -2.09. The second kappa shape index (κ2) is 6.11. The van der Waals surface area contributed by atoms with Crippen LogP contribution in [-0.4, -0.2) is 25.8 Å². The van der Waals surface area contributed by atoms with Crippen molar-refractivity contribution in [2.75, 3.05) is 5.32 Å². The van der Waals surface area contributed by atoms with Crippen molar-refractivity contribution in [1.29, 1.82) is 0 Å². The van der Waals surface area contributed by atoms with Crippen LogP contribution in [0.15, 0.2) is 30.5 Å². The Morgan fingerprint density at radius 2 is 1.83 bits per heavy atom. The highest BCUT2D eigenvalue weighted by molar-refractivity contribution is 6.24. The van der Waals surface area contributed by atoms with Crippen LogP contribution in [0.3, 0.4) is 0 Å². The first-order chi connectivity index (χ1) is 11.5. The number of hydrogen-bond acceptors (Lipinski definition) is 5. The number of carbonyl (C=O) groups excluding carboxylic acids is 1. The Bertz CT molecular complexity index is 937. The summed E-state index contributed by atoms with van der Waals surface area (Å²) in [5, 5.41) is 2.82. The molecule has 0 saturated heterocycles. The number of fused-ring (bicyclic) bond motifs is 1. The van der Waals surface area contributed by atoms with Crippen molar-refractivity contribution in [3.63, 3.8) is 0 Å². The first-order valence-corrected chi connectivity index (χ1v) is 7.48. The van der Waals surface area contributed by atoms with E-state index in [0.29, 0.717) is 11.5 Å². The molecule has 0 saturated carbocycles. The van der Waals surface area contributed by atoms with Crippen LogP contribution < -0.4 is 11.1 Å². The van der Waals surface area contributed by atoms with E-state index >= 15 is 0 Å². The number of imidazole rings is 1. The summed E-state index contributed by atoms with van der Waals surface area (Å²) >= 11 is 0. The Labute approximate surface area is 139 Å². The number of aromatic amines is 1. The maximum absolute atomic E-state index is 12.5. The Morgan fingerprint density at radius 1 is 1.12 bits per heavy atom. The Balaban J connectivity index is 1.88. The van der Waals surface area contributed by atoms with Gasteiger partial charge in [-0.05, 0) is 45.0 Å². The van der Waals surface area contributed by atoms with Gasteiger partial charge in [0, 0.05) is 23.3 Å². The van der Waals surface area contributed by atoms with Gasteiger partial charge in [-0.1, -0.05) is 0 Å². The third-order valence-corrected chi connectivity index (χ3v) is 3.49. The Kier molecular flexibility index (Phi) is 3.99. The minimum Gasteiger partial charge on any atom is -0.404 e. The van der Waals surface area contributed by atoms with E-state index in [1.54, 1.807) is 6.07 Å². The van der Waals surface area contributed by atoms with E-state index in [9.17, 15) is 4.79 Å². The lowest BCUT2D eigenvalue weighted by atomic mass is 10.2. The van der Waals surface area contributed by atoms with Crippen LogP contribution in [0.25, 0.3) is 16.6 Å². The van der Waals surface area contributed by atoms with Crippen LogP contribution >= 0.6 is 0 Å². The van der Waals surface area contributed by atoms with E-state index in [1.807, 2.05) is 39.0 Å². The van der Waals surface area contributed by atoms with Crippen LogP contribution in [-0.2, 0) is 4.79 Å². The van der Waals surface area contributed by atoms with Gasteiger partial charge in [-0.2, -0.15) is 0 Å². The van der Waals surface area contributed by atoms with Gasteiger partial charge in [0.2, 0.25) is 0 Å². The molecule has 0 aliphatic carbocycles. The smallest absolute Gasteiger partial charge is 0.260 e. The average Bonchev–Trinajstić information content (AvgIpc) is 2.86. The fraction of sp³-hybridized carbons (Fsp3) is 0.176. The summed E-state index contributed by atoms with van der Waals surface area (Å²) in [5.74, 6) is 0.767. The largest absolute Gasteiger partial charge is 0.404 e. The number of rotatable bonds is 3. The molecule has 7 heteroatoms. The maximum atomic E-state index is 12.5. The normalized spacial score (nSPS) is 11.7. The first kappa shape index (κ1) is 15.7. The number of hydrogen-bond donors (Lipinski definition) is 3. The fourth-order valence-corrected chi connectivity index (χ4v) is 2.51. The quantitative estimate of drug-likeness (QED) is 0.640. The van der Waals surface area contributed by atoms with Gasteiger partial charge in [-0.3, -0.25) is 4.79 Å². The monoisotopic (exact) mass is 322 g/mol. The predicted octanol–water partition coefficient (Wildman–Crippen LogP) is 2.22. The number of nitrogens with two attached hydrogens (primary N) is 1. The van der Waals surface area contributed by atoms with Crippen LogP contribution in [0.5, 0.6) is 0 Å². The van der Waals surface area contributed by atoms with Crippen molar-refractivity contribution >= 4 is 28.2 Å². The van der Waals surface area contributed by atoms with Gasteiger partial charge in [-0.25, -0.2) is 15.0 Å². The summed E-state index contributed by atoms with van der Waals surface area (Å²) < 4.78 is 0. The molecule has 7 nitrogen and oxygen atoms in total. The van der Waals surface area contributed by atoms with Crippen molar-refractivity contribution in [3.8, 4) is 0 Å². The number of H-pyrrole nitrogens is 1. The van der Waals surface area contributed by atoms with Gasteiger partial charge >= 0.3 is 0 Å². The summed E-state index contributed by atoms with van der Waals surface area (Å²) in [6.07, 6.45) is 1.22. The molecule has 1 aromatic carbocycles. The molecule has 3 aromatic rings. The van der Waals surface area contributed by atoms with Crippen LogP contribution in [0.4, 0.5) is 5.69 Å². The summed E-state index contributed by atoms with van der Waals surface area (Å²) in [6, 6.07) is 7.29. The number of amides is 1. The minimum absolute atomic E-state index is 0.225. The number of carbonyl (C=O) groups is 1. The number of nitrogens with zero attached hydrogens (tertiary/aromatic N) is 3. The van der Waals surface area contributed by atoms with E-state index in [0.717, 1.165) is 28.2 Å². The van der Waals surface area contributed by atoms with Gasteiger partial charge in [0.05, 0.1) is 16.6 Å². The molecule has 0 fully saturated rings. The van der Waals surface area contributed by atoms with Crippen LogP contribution in [0.2, 0.25) is 0 Å². The zero-order valence-corrected chi connectivity index (χ0v) is 13.7. The zero-order valence-electron chi connectivity index (χ0n) is 13.7. The number of anilines is 1. The van der Waals surface area contributed by atoms with Gasteiger partial charge in [0.25, 0.3) is 5.91 Å². The molecule has 0 atom stereocenters. The Hall–Kier alpha value is -3.22. The molecule has 1 amide bonds. The van der Waals surface area contributed by atoms with Gasteiger partial charge < -0.3 is 16.0 Å². The topological polar surface area (TPSA) is 110 Å². The summed E-state index contributed by atoms with van der Waals surface area (Å²) in [4.78, 5) is 28.6. The molecular weight excluding hydrogens is 304 g/mol. The molecular formula is C17H18N6O. The van der Waals surface area contributed by atoms with E-state index in [2.05, 4.69) is 25.3 Å². The predicted molar refractivity (Wildman–Crippen MR) is 93.1 cm³/mol. The first-order valence-electron chi connectivity index (χ1n) is 7.48. The third-order valence-electron chi connectivity index (χ3n) is 3.49. The van der Waals surface area contributed by atoms with E-state index in [1.165, 1.54) is 6.20 Å². The second-order valence-corrected chi connectivity index (χ2v) is 5.56. The third kappa shape index (κ3) is 3.10. The molecule has 3 rings (SSSR count).